The Labute approximate surface area is 114 Å². The summed E-state index contributed by atoms with van der Waals surface area (Å²) in [6.07, 6.45) is -5.74. The Morgan fingerprint density at radius 1 is 1.30 bits per heavy atom. The summed E-state index contributed by atoms with van der Waals surface area (Å²) in [7, 11) is 0. The minimum atomic E-state index is -1.54. The molecule has 0 aromatic carbocycles. The van der Waals surface area contributed by atoms with E-state index in [1.165, 1.54) is 19.3 Å². The molecule has 0 radical (unpaired) electrons. The molecule has 0 spiro atoms. The van der Waals surface area contributed by atoms with Crippen molar-refractivity contribution in [3.05, 3.63) is 18.1 Å². The molecule has 0 amide bonds. The number of furan rings is 1. The topological polar surface area (TPSA) is 130 Å². The van der Waals surface area contributed by atoms with Crippen LogP contribution in [-0.4, -0.2) is 63.5 Å². The second-order valence-corrected chi connectivity index (χ2v) is 4.49. The maximum atomic E-state index is 11.3. The van der Waals surface area contributed by atoms with Crippen LogP contribution >= 0.6 is 0 Å². The highest BCUT2D eigenvalue weighted by molar-refractivity contribution is 5.93. The van der Waals surface area contributed by atoms with E-state index < -0.39 is 37.3 Å². The summed E-state index contributed by atoms with van der Waals surface area (Å²) in [5.74, 6) is -0.390. The van der Waals surface area contributed by atoms with Gasteiger partial charge in [-0.25, -0.2) is 0 Å². The van der Waals surface area contributed by atoms with E-state index >= 15 is 0 Å². The van der Waals surface area contributed by atoms with Crippen molar-refractivity contribution in [2.45, 2.75) is 37.6 Å². The van der Waals surface area contributed by atoms with Gasteiger partial charge < -0.3 is 34.3 Å². The molecule has 20 heavy (non-hydrogen) atoms. The van der Waals surface area contributed by atoms with E-state index in [0.717, 1.165) is 0 Å². The molecule has 1 aromatic heterocycles. The van der Waals surface area contributed by atoms with Crippen LogP contribution in [0.15, 0.2) is 16.7 Å². The second-order valence-electron chi connectivity index (χ2n) is 4.49. The van der Waals surface area contributed by atoms with Crippen molar-refractivity contribution in [2.75, 3.05) is 6.61 Å². The first-order chi connectivity index (χ1) is 9.45. The lowest BCUT2D eigenvalue weighted by molar-refractivity contribution is -0.277. The Morgan fingerprint density at radius 2 is 2.00 bits per heavy atom. The first kappa shape index (κ1) is 14.9. The zero-order valence-electron chi connectivity index (χ0n) is 10.7. The molecule has 8 nitrogen and oxygen atoms in total. The normalized spacial score (nSPS) is 34.0. The van der Waals surface area contributed by atoms with Gasteiger partial charge in [-0.3, -0.25) is 4.79 Å². The van der Waals surface area contributed by atoms with Gasteiger partial charge in [0, 0.05) is 13.0 Å². The molecule has 1 saturated heterocycles. The van der Waals surface area contributed by atoms with Crippen LogP contribution in [0.1, 0.15) is 17.5 Å². The van der Waals surface area contributed by atoms with Gasteiger partial charge >= 0.3 is 0 Å². The highest BCUT2D eigenvalue weighted by Gasteiger charge is 2.45. The van der Waals surface area contributed by atoms with Gasteiger partial charge in [0.05, 0.1) is 12.9 Å². The summed E-state index contributed by atoms with van der Waals surface area (Å²) in [6.45, 7) is 0.717. The van der Waals surface area contributed by atoms with E-state index in [0.29, 0.717) is 0 Å². The van der Waals surface area contributed by atoms with Gasteiger partial charge in [-0.15, -0.1) is 0 Å². The third-order valence-electron chi connectivity index (χ3n) is 3.04. The number of carbonyl (C=O) groups excluding carboxylic acids is 1. The van der Waals surface area contributed by atoms with Crippen LogP contribution in [0.2, 0.25) is 0 Å². The molecule has 1 aromatic rings. The second kappa shape index (κ2) is 5.90. The molecule has 1 aliphatic rings. The van der Waals surface area contributed by atoms with Gasteiger partial charge in [-0.2, -0.15) is 0 Å². The monoisotopic (exact) mass is 288 g/mol. The van der Waals surface area contributed by atoms with E-state index in [1.54, 1.807) is 0 Å². The maximum absolute atomic E-state index is 11.3. The quantitative estimate of drug-likeness (QED) is 0.501. The first-order valence-corrected chi connectivity index (χ1v) is 6.01. The van der Waals surface area contributed by atoms with Gasteiger partial charge in [0.1, 0.15) is 24.4 Å². The summed E-state index contributed by atoms with van der Waals surface area (Å²) in [4.78, 5) is 11.3. The van der Waals surface area contributed by atoms with E-state index in [1.807, 2.05) is 0 Å². The van der Waals surface area contributed by atoms with Gasteiger partial charge in [-0.1, -0.05) is 0 Å². The average molecular weight is 288 g/mol. The number of ketones is 1. The minimum Gasteiger partial charge on any atom is -0.458 e. The highest BCUT2D eigenvalue weighted by atomic mass is 16.7. The average Bonchev–Trinajstić information content (AvgIpc) is 2.87. The summed E-state index contributed by atoms with van der Waals surface area (Å²) < 4.78 is 15.4. The number of rotatable bonds is 4. The summed E-state index contributed by atoms with van der Waals surface area (Å²) >= 11 is 0. The smallest absolute Gasteiger partial charge is 0.229 e. The predicted octanol–water partition coefficient (Wildman–Crippen LogP) is -1.34. The molecule has 0 saturated carbocycles. The lowest BCUT2D eigenvalue weighted by Gasteiger charge is -2.39. The van der Waals surface area contributed by atoms with Crippen LogP contribution in [0.4, 0.5) is 0 Å². The predicted molar refractivity (Wildman–Crippen MR) is 63.1 cm³/mol. The Balaban J connectivity index is 2.15. The largest absolute Gasteiger partial charge is 0.458 e. The van der Waals surface area contributed by atoms with Crippen LogP contribution in [0.25, 0.3) is 0 Å². The molecule has 0 aliphatic carbocycles. The molecular formula is C12H16O8. The van der Waals surface area contributed by atoms with E-state index in [9.17, 15) is 20.1 Å². The van der Waals surface area contributed by atoms with Crippen molar-refractivity contribution in [3.63, 3.8) is 0 Å². The maximum Gasteiger partial charge on any atom is 0.229 e. The lowest BCUT2D eigenvalue weighted by atomic mass is 9.99. The standard InChI is InChI=1S/C12H16O8/c1-5(14)11-6(2-3-18-11)19-12-10(17)9(16)8(15)7(4-13)20-12/h2-3,7-10,12-13,15-17H,4H2,1H3/t7-,8-,9+,10-,12+/m1/s1. The van der Waals surface area contributed by atoms with Crippen LogP contribution in [0.5, 0.6) is 5.75 Å². The Kier molecular flexibility index (Phi) is 4.41. The molecule has 1 aliphatic heterocycles. The van der Waals surface area contributed by atoms with Crippen LogP contribution in [0, 0.1) is 0 Å². The fourth-order valence-electron chi connectivity index (χ4n) is 1.94. The number of Topliss-reactive ketones (excluding diaryl/α,β-unsaturated/α-hetero) is 1. The summed E-state index contributed by atoms with van der Waals surface area (Å²) in [5.41, 5.74) is 0. The zero-order valence-corrected chi connectivity index (χ0v) is 10.7. The third kappa shape index (κ3) is 2.69. The van der Waals surface area contributed by atoms with E-state index in [4.69, 9.17) is 19.0 Å². The number of hydrogen-bond donors (Lipinski definition) is 4. The molecule has 8 heteroatoms. The van der Waals surface area contributed by atoms with Crippen molar-refractivity contribution >= 4 is 5.78 Å². The number of aliphatic hydroxyl groups is 4. The lowest BCUT2D eigenvalue weighted by Crippen LogP contribution is -2.60. The molecular weight excluding hydrogens is 272 g/mol. The Bertz CT molecular complexity index is 468. The summed E-state index contributed by atoms with van der Waals surface area (Å²) in [5, 5.41) is 38.1. The molecule has 1 fully saturated rings. The van der Waals surface area contributed by atoms with Gasteiger partial charge in [0.2, 0.25) is 12.1 Å². The van der Waals surface area contributed by atoms with Gasteiger partial charge in [0.25, 0.3) is 0 Å². The molecule has 2 heterocycles. The van der Waals surface area contributed by atoms with E-state index in [2.05, 4.69) is 0 Å². The fourth-order valence-corrected chi connectivity index (χ4v) is 1.94. The molecule has 0 bridgehead atoms. The van der Waals surface area contributed by atoms with Crippen molar-refractivity contribution in [3.8, 4) is 5.75 Å². The van der Waals surface area contributed by atoms with Crippen LogP contribution in [-0.2, 0) is 4.74 Å². The number of carbonyl (C=O) groups is 1. The molecule has 5 atom stereocenters. The van der Waals surface area contributed by atoms with Crippen LogP contribution < -0.4 is 4.74 Å². The highest BCUT2D eigenvalue weighted by Crippen LogP contribution is 2.27. The third-order valence-corrected chi connectivity index (χ3v) is 3.04. The number of aliphatic hydroxyl groups excluding tert-OH is 4. The zero-order chi connectivity index (χ0) is 14.9. The SMILES string of the molecule is CC(=O)c1occc1O[C@H]1O[C@H](CO)[C@@H](O)[C@H](O)[C@H]1O. The van der Waals surface area contributed by atoms with Crippen molar-refractivity contribution < 1.29 is 39.1 Å². The van der Waals surface area contributed by atoms with Gasteiger partial charge in [-0.05, 0) is 0 Å². The molecule has 4 N–H and O–H groups in total. The van der Waals surface area contributed by atoms with Gasteiger partial charge in [0.15, 0.2) is 11.5 Å². The van der Waals surface area contributed by atoms with Crippen LogP contribution in [0.3, 0.4) is 0 Å². The molecule has 2 rings (SSSR count). The molecule has 0 unspecified atom stereocenters. The fraction of sp³-hybridized carbons (Fsp3) is 0.583. The Morgan fingerprint density at radius 3 is 2.60 bits per heavy atom. The van der Waals surface area contributed by atoms with Crippen molar-refractivity contribution in [1.29, 1.82) is 0 Å². The van der Waals surface area contributed by atoms with Crippen molar-refractivity contribution in [1.82, 2.24) is 0 Å². The summed E-state index contributed by atoms with van der Waals surface area (Å²) in [6, 6.07) is 1.36. The molecule has 112 valence electrons. The minimum absolute atomic E-state index is 0.0434. The number of hydrogen-bond acceptors (Lipinski definition) is 8. The Hall–Kier alpha value is -1.45. The first-order valence-electron chi connectivity index (χ1n) is 6.01. The van der Waals surface area contributed by atoms with E-state index in [-0.39, 0.29) is 17.3 Å². The van der Waals surface area contributed by atoms with Crippen molar-refractivity contribution in [2.24, 2.45) is 0 Å². The number of ether oxygens (including phenoxy) is 2.